The molecule has 1 unspecified atom stereocenters. The predicted octanol–water partition coefficient (Wildman–Crippen LogP) is 20.8. The fraction of sp³-hybridized carbons (Fsp3) is 0.859. The molecule has 0 saturated heterocycles. The van der Waals surface area contributed by atoms with Gasteiger partial charge in [-0.05, 0) is 89.9 Å². The van der Waals surface area contributed by atoms with Gasteiger partial charge in [-0.1, -0.05) is 263 Å². The first kappa shape index (κ1) is 67.6. The largest absolute Gasteiger partial charge is 0.462 e. The van der Waals surface area contributed by atoms with Gasteiger partial charge >= 0.3 is 17.9 Å². The van der Waals surface area contributed by atoms with Gasteiger partial charge in [-0.3, -0.25) is 14.4 Å². The average molecular weight is 984 g/mol. The molecule has 0 fully saturated rings. The maximum absolute atomic E-state index is 12.8. The minimum Gasteiger partial charge on any atom is -0.462 e. The first-order valence-electron chi connectivity index (χ1n) is 31.0. The smallest absolute Gasteiger partial charge is 0.306 e. The van der Waals surface area contributed by atoms with Crippen LogP contribution in [0.5, 0.6) is 0 Å². The number of allylic oxidation sites excluding steroid dienone is 6. The lowest BCUT2D eigenvalue weighted by Gasteiger charge is -2.18. The molecule has 0 aromatic carbocycles. The fourth-order valence-corrected chi connectivity index (χ4v) is 9.14. The summed E-state index contributed by atoms with van der Waals surface area (Å²) >= 11 is 0. The Hall–Kier alpha value is -2.37. The van der Waals surface area contributed by atoms with Gasteiger partial charge < -0.3 is 14.2 Å². The molecule has 0 saturated carbocycles. The van der Waals surface area contributed by atoms with Crippen LogP contribution < -0.4 is 0 Å². The van der Waals surface area contributed by atoms with Crippen molar-refractivity contribution in [3.8, 4) is 0 Å². The lowest BCUT2D eigenvalue weighted by molar-refractivity contribution is -0.167. The molecule has 1 atom stereocenters. The van der Waals surface area contributed by atoms with E-state index in [9.17, 15) is 14.4 Å². The van der Waals surface area contributed by atoms with Gasteiger partial charge in [-0.2, -0.15) is 0 Å². The summed E-state index contributed by atoms with van der Waals surface area (Å²) in [5.41, 5.74) is 0. The second kappa shape index (κ2) is 59.2. The third-order valence-electron chi connectivity index (χ3n) is 13.8. The van der Waals surface area contributed by atoms with Gasteiger partial charge in [0, 0.05) is 19.3 Å². The van der Waals surface area contributed by atoms with E-state index < -0.39 is 6.10 Å². The van der Waals surface area contributed by atoms with E-state index in [1.54, 1.807) is 0 Å². The standard InChI is InChI=1S/C64H118O6/c1-4-7-10-13-16-19-22-24-26-27-28-29-30-31-32-33-34-35-36-37-39-40-42-45-48-51-54-57-63(66)69-60-61(59-68-62(65)56-53-50-47-44-21-18-15-12-9-6-3)70-64(67)58-55-52-49-46-43-41-38-25-23-20-17-14-11-8-5-2/h12,15,25,27-28,38,61H,4-11,13-14,16-24,26,29-37,39-60H2,1-3H3/b15-12-,28-27-,38-25-. The Morgan fingerprint density at radius 1 is 0.271 bits per heavy atom. The highest BCUT2D eigenvalue weighted by molar-refractivity contribution is 5.71. The van der Waals surface area contributed by atoms with Crippen molar-refractivity contribution in [2.24, 2.45) is 0 Å². The molecule has 0 aromatic rings. The summed E-state index contributed by atoms with van der Waals surface area (Å²) in [7, 11) is 0. The van der Waals surface area contributed by atoms with E-state index in [2.05, 4.69) is 57.2 Å². The second-order valence-electron chi connectivity index (χ2n) is 21.0. The molecule has 0 amide bonds. The quantitative estimate of drug-likeness (QED) is 0.0261. The Bertz CT molecular complexity index is 1170. The summed E-state index contributed by atoms with van der Waals surface area (Å²) in [6.45, 7) is 6.60. The molecular formula is C64H118O6. The average Bonchev–Trinajstić information content (AvgIpc) is 3.36. The molecule has 6 nitrogen and oxygen atoms in total. The van der Waals surface area contributed by atoms with Gasteiger partial charge in [-0.15, -0.1) is 0 Å². The van der Waals surface area contributed by atoms with E-state index in [0.717, 1.165) is 77.0 Å². The van der Waals surface area contributed by atoms with Crippen LogP contribution >= 0.6 is 0 Å². The zero-order valence-corrected chi connectivity index (χ0v) is 47.1. The van der Waals surface area contributed by atoms with Gasteiger partial charge in [0.1, 0.15) is 13.2 Å². The van der Waals surface area contributed by atoms with Crippen LogP contribution in [0.2, 0.25) is 0 Å². The number of unbranched alkanes of at least 4 members (excludes halogenated alkanes) is 40. The number of carbonyl (C=O) groups excluding carboxylic acids is 3. The topological polar surface area (TPSA) is 78.9 Å². The van der Waals surface area contributed by atoms with Crippen molar-refractivity contribution in [3.05, 3.63) is 36.5 Å². The Labute approximate surface area is 435 Å². The van der Waals surface area contributed by atoms with E-state index in [-0.39, 0.29) is 31.1 Å². The van der Waals surface area contributed by atoms with Crippen molar-refractivity contribution in [1.82, 2.24) is 0 Å². The minimum absolute atomic E-state index is 0.0751. The van der Waals surface area contributed by atoms with Crippen LogP contribution in [0.4, 0.5) is 0 Å². The zero-order valence-electron chi connectivity index (χ0n) is 47.1. The summed E-state index contributed by atoms with van der Waals surface area (Å²) in [6, 6.07) is 0. The summed E-state index contributed by atoms with van der Waals surface area (Å²) in [4.78, 5) is 38.1. The first-order valence-corrected chi connectivity index (χ1v) is 31.0. The van der Waals surface area contributed by atoms with Gasteiger partial charge in [0.2, 0.25) is 0 Å². The number of ether oxygens (including phenoxy) is 3. The van der Waals surface area contributed by atoms with E-state index in [1.807, 2.05) is 0 Å². The lowest BCUT2D eigenvalue weighted by atomic mass is 10.0. The molecule has 0 aromatic heterocycles. The maximum Gasteiger partial charge on any atom is 0.306 e. The number of rotatable bonds is 57. The molecular weight excluding hydrogens is 865 g/mol. The van der Waals surface area contributed by atoms with Crippen LogP contribution in [0.25, 0.3) is 0 Å². The highest BCUT2D eigenvalue weighted by Gasteiger charge is 2.19. The first-order chi connectivity index (χ1) is 34.5. The number of carbonyl (C=O) groups is 3. The molecule has 0 aliphatic heterocycles. The van der Waals surface area contributed by atoms with Gasteiger partial charge in [0.25, 0.3) is 0 Å². The van der Waals surface area contributed by atoms with E-state index in [0.29, 0.717) is 19.3 Å². The summed E-state index contributed by atoms with van der Waals surface area (Å²) in [6.07, 6.45) is 71.7. The Balaban J connectivity index is 4.14. The Kier molecular flexibility index (Phi) is 57.2. The van der Waals surface area contributed by atoms with E-state index >= 15 is 0 Å². The number of hydrogen-bond acceptors (Lipinski definition) is 6. The highest BCUT2D eigenvalue weighted by atomic mass is 16.6. The molecule has 70 heavy (non-hydrogen) atoms. The number of hydrogen-bond donors (Lipinski definition) is 0. The summed E-state index contributed by atoms with van der Waals surface area (Å²) in [5, 5.41) is 0. The van der Waals surface area contributed by atoms with Crippen molar-refractivity contribution in [2.45, 2.75) is 341 Å². The van der Waals surface area contributed by atoms with Crippen molar-refractivity contribution >= 4 is 17.9 Å². The third-order valence-corrected chi connectivity index (χ3v) is 13.8. The SMILES string of the molecule is CCC/C=C\CCCCCCCC(=O)OCC(COC(=O)CCCCCCCCCCCCCCCCC/C=C\CCCCCCCCCC)OC(=O)CCCCCCC/C=C\CCCCCCCC. The normalized spacial score (nSPS) is 12.2. The summed E-state index contributed by atoms with van der Waals surface area (Å²) < 4.78 is 16.8. The van der Waals surface area contributed by atoms with Crippen molar-refractivity contribution < 1.29 is 28.6 Å². The Morgan fingerprint density at radius 3 is 0.771 bits per heavy atom. The van der Waals surface area contributed by atoms with Crippen molar-refractivity contribution in [2.75, 3.05) is 13.2 Å². The monoisotopic (exact) mass is 983 g/mol. The molecule has 0 heterocycles. The van der Waals surface area contributed by atoms with E-state index in [1.165, 1.54) is 218 Å². The highest BCUT2D eigenvalue weighted by Crippen LogP contribution is 2.17. The molecule has 410 valence electrons. The van der Waals surface area contributed by atoms with Crippen LogP contribution in [0.1, 0.15) is 335 Å². The van der Waals surface area contributed by atoms with Gasteiger partial charge in [-0.25, -0.2) is 0 Å². The molecule has 0 aliphatic rings. The molecule has 0 radical (unpaired) electrons. The predicted molar refractivity (Wildman–Crippen MR) is 302 cm³/mol. The summed E-state index contributed by atoms with van der Waals surface area (Å²) in [5.74, 6) is -0.878. The third kappa shape index (κ3) is 56.5. The van der Waals surface area contributed by atoms with Gasteiger partial charge in [0.15, 0.2) is 6.10 Å². The van der Waals surface area contributed by atoms with Crippen LogP contribution in [-0.2, 0) is 28.6 Å². The fourth-order valence-electron chi connectivity index (χ4n) is 9.14. The van der Waals surface area contributed by atoms with Crippen LogP contribution in [0, 0.1) is 0 Å². The van der Waals surface area contributed by atoms with Crippen molar-refractivity contribution in [3.63, 3.8) is 0 Å². The van der Waals surface area contributed by atoms with Crippen LogP contribution in [0.15, 0.2) is 36.5 Å². The minimum atomic E-state index is -0.777. The molecule has 0 aliphatic carbocycles. The zero-order chi connectivity index (χ0) is 50.7. The molecule has 0 rings (SSSR count). The van der Waals surface area contributed by atoms with Crippen LogP contribution in [0.3, 0.4) is 0 Å². The van der Waals surface area contributed by atoms with E-state index in [4.69, 9.17) is 14.2 Å². The lowest BCUT2D eigenvalue weighted by Crippen LogP contribution is -2.30. The maximum atomic E-state index is 12.8. The molecule has 0 bridgehead atoms. The van der Waals surface area contributed by atoms with Crippen LogP contribution in [-0.4, -0.2) is 37.2 Å². The molecule has 0 spiro atoms. The second-order valence-corrected chi connectivity index (χ2v) is 21.0. The molecule has 0 N–H and O–H groups in total. The molecule has 6 heteroatoms. The van der Waals surface area contributed by atoms with Crippen molar-refractivity contribution in [1.29, 1.82) is 0 Å². The number of esters is 3. The Morgan fingerprint density at radius 2 is 0.500 bits per heavy atom. The van der Waals surface area contributed by atoms with Gasteiger partial charge in [0.05, 0.1) is 0 Å².